The largest absolute Gasteiger partial charge is 0.313 e. The van der Waals surface area contributed by atoms with Crippen LogP contribution >= 0.6 is 0 Å². The average Bonchev–Trinajstić information content (AvgIpc) is 2.92. The van der Waals surface area contributed by atoms with Crippen molar-refractivity contribution in [1.82, 2.24) is 15.1 Å². The molecule has 1 heterocycles. The predicted molar refractivity (Wildman–Crippen MR) is 82.6 cm³/mol. The van der Waals surface area contributed by atoms with Gasteiger partial charge in [0.2, 0.25) is 0 Å². The molecule has 0 aromatic rings. The second-order valence-corrected chi connectivity index (χ2v) is 6.71. The van der Waals surface area contributed by atoms with Gasteiger partial charge in [-0.3, -0.25) is 0 Å². The van der Waals surface area contributed by atoms with Crippen LogP contribution in [0.4, 0.5) is 0 Å². The van der Waals surface area contributed by atoms with E-state index in [1.54, 1.807) is 0 Å². The monoisotopic (exact) mass is 267 g/mol. The molecule has 3 nitrogen and oxygen atoms in total. The first kappa shape index (κ1) is 15.3. The fraction of sp³-hybridized carbons (Fsp3) is 1.00. The highest BCUT2D eigenvalue weighted by Gasteiger charge is 2.28. The van der Waals surface area contributed by atoms with Crippen LogP contribution < -0.4 is 5.32 Å². The van der Waals surface area contributed by atoms with E-state index >= 15 is 0 Å². The molecule has 0 radical (unpaired) electrons. The van der Waals surface area contributed by atoms with E-state index in [1.165, 1.54) is 58.2 Å². The van der Waals surface area contributed by atoms with Gasteiger partial charge in [-0.2, -0.15) is 0 Å². The maximum atomic E-state index is 3.75. The molecule has 0 spiro atoms. The lowest BCUT2D eigenvalue weighted by Crippen LogP contribution is -2.51. The quantitative estimate of drug-likeness (QED) is 0.796. The molecule has 0 bridgehead atoms. The van der Waals surface area contributed by atoms with E-state index in [2.05, 4.69) is 36.1 Å². The molecule has 0 aromatic carbocycles. The van der Waals surface area contributed by atoms with Crippen LogP contribution in [0, 0.1) is 5.92 Å². The van der Waals surface area contributed by atoms with Gasteiger partial charge in [-0.25, -0.2) is 0 Å². The lowest BCUT2D eigenvalue weighted by atomic mass is 9.96. The Hall–Kier alpha value is -0.120. The lowest BCUT2D eigenvalue weighted by Gasteiger charge is -2.38. The highest BCUT2D eigenvalue weighted by Crippen LogP contribution is 2.28. The maximum Gasteiger partial charge on any atom is 0.0223 e. The fourth-order valence-electron chi connectivity index (χ4n) is 3.96. The predicted octanol–water partition coefficient (Wildman–Crippen LogP) is 2.18. The van der Waals surface area contributed by atoms with Crippen molar-refractivity contribution in [3.05, 3.63) is 0 Å². The van der Waals surface area contributed by atoms with Crippen LogP contribution in [0.3, 0.4) is 0 Å². The summed E-state index contributed by atoms with van der Waals surface area (Å²) in [4.78, 5) is 5.11. The normalized spacial score (nSPS) is 28.1. The summed E-state index contributed by atoms with van der Waals surface area (Å²) in [5.74, 6) is 0.920. The van der Waals surface area contributed by atoms with Crippen molar-refractivity contribution in [1.29, 1.82) is 0 Å². The Labute approximate surface area is 119 Å². The second kappa shape index (κ2) is 7.61. The van der Waals surface area contributed by atoms with Crippen LogP contribution in [0.15, 0.2) is 0 Å². The molecule has 2 atom stereocenters. The molecule has 2 aliphatic rings. The minimum Gasteiger partial charge on any atom is -0.313 e. The summed E-state index contributed by atoms with van der Waals surface area (Å²) in [6.45, 7) is 7.12. The van der Waals surface area contributed by atoms with Crippen molar-refractivity contribution in [2.75, 3.05) is 40.3 Å². The van der Waals surface area contributed by atoms with E-state index in [1.807, 2.05) is 0 Å². The third-order valence-electron chi connectivity index (χ3n) is 5.14. The van der Waals surface area contributed by atoms with E-state index in [-0.39, 0.29) is 0 Å². The molecule has 112 valence electrons. The summed E-state index contributed by atoms with van der Waals surface area (Å²) in [7, 11) is 4.60. The highest BCUT2D eigenvalue weighted by atomic mass is 15.2. The molecule has 2 rings (SSSR count). The Morgan fingerprint density at radius 2 is 1.95 bits per heavy atom. The topological polar surface area (TPSA) is 18.5 Å². The van der Waals surface area contributed by atoms with Gasteiger partial charge in [0.05, 0.1) is 0 Å². The molecule has 0 aromatic heterocycles. The van der Waals surface area contributed by atoms with E-state index in [4.69, 9.17) is 0 Å². The number of rotatable bonds is 6. The first-order valence-corrected chi connectivity index (χ1v) is 8.33. The summed E-state index contributed by atoms with van der Waals surface area (Å²) in [5, 5.41) is 3.75. The molecule has 1 aliphatic heterocycles. The first-order valence-electron chi connectivity index (χ1n) is 8.33. The average molecular weight is 267 g/mol. The molecular formula is C16H33N3. The van der Waals surface area contributed by atoms with Gasteiger partial charge in [0, 0.05) is 25.2 Å². The minimum absolute atomic E-state index is 0.713. The number of piperidine rings is 1. The van der Waals surface area contributed by atoms with Crippen LogP contribution in [0.5, 0.6) is 0 Å². The van der Waals surface area contributed by atoms with Crippen molar-refractivity contribution < 1.29 is 0 Å². The van der Waals surface area contributed by atoms with E-state index in [9.17, 15) is 0 Å². The molecule has 1 saturated heterocycles. The number of nitrogens with zero attached hydrogens (tertiary/aromatic N) is 2. The summed E-state index contributed by atoms with van der Waals surface area (Å²) in [6.07, 6.45) is 8.52. The third-order valence-corrected chi connectivity index (χ3v) is 5.14. The van der Waals surface area contributed by atoms with Gasteiger partial charge in [0.1, 0.15) is 0 Å². The number of nitrogens with one attached hydrogen (secondary N) is 1. The molecular weight excluding hydrogens is 234 g/mol. The van der Waals surface area contributed by atoms with Gasteiger partial charge in [-0.05, 0) is 58.8 Å². The fourth-order valence-corrected chi connectivity index (χ4v) is 3.96. The minimum atomic E-state index is 0.713. The van der Waals surface area contributed by atoms with Crippen LogP contribution in [-0.2, 0) is 0 Å². The standard InChI is InChI=1S/C16H33N3/c1-4-17-16(14-8-5-6-9-14)13-19(3)15-10-7-11-18(2)12-15/h14-17H,4-13H2,1-3H3. The summed E-state index contributed by atoms with van der Waals surface area (Å²) in [6, 6.07) is 1.48. The number of likely N-dealkylation sites (tertiary alicyclic amines) is 1. The summed E-state index contributed by atoms with van der Waals surface area (Å²) in [5.41, 5.74) is 0. The molecule has 2 fully saturated rings. The van der Waals surface area contributed by atoms with Crippen molar-refractivity contribution in [2.24, 2.45) is 5.92 Å². The van der Waals surface area contributed by atoms with E-state index < -0.39 is 0 Å². The zero-order valence-corrected chi connectivity index (χ0v) is 13.2. The maximum absolute atomic E-state index is 3.75. The smallest absolute Gasteiger partial charge is 0.0223 e. The van der Waals surface area contributed by atoms with Gasteiger partial charge in [0.25, 0.3) is 0 Å². The van der Waals surface area contributed by atoms with Crippen molar-refractivity contribution in [3.8, 4) is 0 Å². The third kappa shape index (κ3) is 4.44. The Balaban J connectivity index is 1.84. The Morgan fingerprint density at radius 1 is 1.21 bits per heavy atom. The molecule has 2 unspecified atom stereocenters. The first-order chi connectivity index (χ1) is 9.20. The van der Waals surface area contributed by atoms with E-state index in [0.29, 0.717) is 6.04 Å². The SMILES string of the molecule is CCNC(CN(C)C1CCCN(C)C1)C1CCCC1. The van der Waals surface area contributed by atoms with Gasteiger partial charge in [-0.1, -0.05) is 19.8 Å². The van der Waals surface area contributed by atoms with Crippen molar-refractivity contribution in [2.45, 2.75) is 57.5 Å². The Kier molecular flexibility index (Phi) is 6.11. The zero-order valence-electron chi connectivity index (χ0n) is 13.2. The number of likely N-dealkylation sites (N-methyl/N-ethyl adjacent to an activating group) is 3. The number of hydrogen-bond donors (Lipinski definition) is 1. The molecule has 3 heteroatoms. The van der Waals surface area contributed by atoms with Gasteiger partial charge >= 0.3 is 0 Å². The molecule has 1 saturated carbocycles. The van der Waals surface area contributed by atoms with Crippen LogP contribution in [0.25, 0.3) is 0 Å². The summed E-state index contributed by atoms with van der Waals surface area (Å²) < 4.78 is 0. The lowest BCUT2D eigenvalue weighted by molar-refractivity contribution is 0.116. The molecule has 0 amide bonds. The van der Waals surface area contributed by atoms with Crippen molar-refractivity contribution in [3.63, 3.8) is 0 Å². The summed E-state index contributed by atoms with van der Waals surface area (Å²) >= 11 is 0. The molecule has 1 N–H and O–H groups in total. The highest BCUT2D eigenvalue weighted by molar-refractivity contribution is 4.86. The van der Waals surface area contributed by atoms with Gasteiger partial charge in [-0.15, -0.1) is 0 Å². The number of hydrogen-bond acceptors (Lipinski definition) is 3. The zero-order chi connectivity index (χ0) is 13.7. The van der Waals surface area contributed by atoms with Gasteiger partial charge in [0.15, 0.2) is 0 Å². The second-order valence-electron chi connectivity index (χ2n) is 6.71. The van der Waals surface area contributed by atoms with Crippen LogP contribution in [-0.4, -0.2) is 62.2 Å². The van der Waals surface area contributed by atoms with Crippen molar-refractivity contribution >= 4 is 0 Å². The molecule has 1 aliphatic carbocycles. The van der Waals surface area contributed by atoms with Gasteiger partial charge < -0.3 is 15.1 Å². The Morgan fingerprint density at radius 3 is 2.58 bits per heavy atom. The van der Waals surface area contributed by atoms with Crippen LogP contribution in [0.2, 0.25) is 0 Å². The Bertz CT molecular complexity index is 250. The van der Waals surface area contributed by atoms with Crippen LogP contribution in [0.1, 0.15) is 45.4 Å². The van der Waals surface area contributed by atoms with E-state index in [0.717, 1.165) is 18.5 Å². The molecule has 19 heavy (non-hydrogen) atoms.